The molecule has 0 spiro atoms. The van der Waals surface area contributed by atoms with Crippen molar-refractivity contribution in [2.75, 3.05) is 20.8 Å². The van der Waals surface area contributed by atoms with Gasteiger partial charge in [0.1, 0.15) is 18.1 Å². The molecule has 0 aliphatic carbocycles. The van der Waals surface area contributed by atoms with Crippen LogP contribution in [0, 0.1) is 0 Å². The molecule has 0 amide bonds. The van der Waals surface area contributed by atoms with E-state index in [-0.39, 0.29) is 12.4 Å². The van der Waals surface area contributed by atoms with Crippen LogP contribution in [0.15, 0.2) is 48.5 Å². The van der Waals surface area contributed by atoms with Gasteiger partial charge in [0.05, 0.1) is 26.4 Å². The third kappa shape index (κ3) is 4.07. The zero-order valence-corrected chi connectivity index (χ0v) is 12.2. The molecule has 0 saturated carbocycles. The summed E-state index contributed by atoms with van der Waals surface area (Å²) in [5, 5.41) is 0. The molecule has 0 bridgehead atoms. The first-order valence-electron chi connectivity index (χ1n) is 6.61. The molecule has 0 saturated heterocycles. The first-order chi connectivity index (χ1) is 10.2. The highest BCUT2D eigenvalue weighted by Gasteiger charge is 2.13. The number of rotatable bonds is 7. The van der Waals surface area contributed by atoms with E-state index in [0.29, 0.717) is 23.7 Å². The van der Waals surface area contributed by atoms with Crippen LogP contribution in [0.3, 0.4) is 0 Å². The number of Topliss-reactive ketones (excluding diaryl/α,β-unsaturated/α-hetero) is 1. The van der Waals surface area contributed by atoms with Gasteiger partial charge < -0.3 is 14.2 Å². The minimum atomic E-state index is -0.120. The SMILES string of the molecule is COc1ccc(C(=O)COCc2ccccc2)c(OC)c1. The summed E-state index contributed by atoms with van der Waals surface area (Å²) in [6, 6.07) is 14.8. The van der Waals surface area contributed by atoms with E-state index in [1.807, 2.05) is 30.3 Å². The van der Waals surface area contributed by atoms with Crippen molar-refractivity contribution in [2.45, 2.75) is 6.61 Å². The van der Waals surface area contributed by atoms with Crippen LogP contribution in [-0.2, 0) is 11.3 Å². The summed E-state index contributed by atoms with van der Waals surface area (Å²) in [4.78, 5) is 12.2. The van der Waals surface area contributed by atoms with Crippen LogP contribution >= 0.6 is 0 Å². The predicted molar refractivity (Wildman–Crippen MR) is 80.0 cm³/mol. The van der Waals surface area contributed by atoms with Gasteiger partial charge in [-0.2, -0.15) is 0 Å². The summed E-state index contributed by atoms with van der Waals surface area (Å²) in [5.41, 5.74) is 1.53. The fraction of sp³-hybridized carbons (Fsp3) is 0.235. The lowest BCUT2D eigenvalue weighted by Crippen LogP contribution is -2.10. The highest BCUT2D eigenvalue weighted by molar-refractivity contribution is 5.99. The maximum atomic E-state index is 12.2. The number of ether oxygens (including phenoxy) is 3. The maximum Gasteiger partial charge on any atom is 0.192 e. The van der Waals surface area contributed by atoms with Crippen LogP contribution in [0.5, 0.6) is 11.5 Å². The van der Waals surface area contributed by atoms with Crippen molar-refractivity contribution in [1.82, 2.24) is 0 Å². The van der Waals surface area contributed by atoms with Gasteiger partial charge in [0, 0.05) is 6.07 Å². The number of ketones is 1. The number of carbonyl (C=O) groups excluding carboxylic acids is 1. The standard InChI is InChI=1S/C17H18O4/c1-19-14-8-9-15(17(10-14)20-2)16(18)12-21-11-13-6-4-3-5-7-13/h3-10H,11-12H2,1-2H3. The molecule has 0 heterocycles. The maximum absolute atomic E-state index is 12.2. The van der Waals surface area contributed by atoms with Crippen molar-refractivity contribution in [3.63, 3.8) is 0 Å². The Kier molecular flexibility index (Phi) is 5.35. The minimum absolute atomic E-state index is 0.0115. The lowest BCUT2D eigenvalue weighted by molar-refractivity contribution is 0.0724. The predicted octanol–water partition coefficient (Wildman–Crippen LogP) is 3.10. The first kappa shape index (κ1) is 15.1. The van der Waals surface area contributed by atoms with Crippen LogP contribution in [0.4, 0.5) is 0 Å². The molecule has 0 radical (unpaired) electrons. The highest BCUT2D eigenvalue weighted by atomic mass is 16.5. The van der Waals surface area contributed by atoms with E-state index in [2.05, 4.69) is 0 Å². The summed E-state index contributed by atoms with van der Waals surface area (Å²) in [6.07, 6.45) is 0. The lowest BCUT2D eigenvalue weighted by atomic mass is 10.1. The van der Waals surface area contributed by atoms with Gasteiger partial charge in [-0.3, -0.25) is 4.79 Å². The van der Waals surface area contributed by atoms with Crippen molar-refractivity contribution in [1.29, 1.82) is 0 Å². The molecular weight excluding hydrogens is 268 g/mol. The summed E-state index contributed by atoms with van der Waals surface area (Å²) in [6.45, 7) is 0.419. The molecule has 2 rings (SSSR count). The van der Waals surface area contributed by atoms with Crippen molar-refractivity contribution in [3.05, 3.63) is 59.7 Å². The summed E-state index contributed by atoms with van der Waals surface area (Å²) < 4.78 is 15.8. The Labute approximate surface area is 124 Å². The average molecular weight is 286 g/mol. The first-order valence-corrected chi connectivity index (χ1v) is 6.61. The van der Waals surface area contributed by atoms with Gasteiger partial charge in [-0.15, -0.1) is 0 Å². The van der Waals surface area contributed by atoms with E-state index in [4.69, 9.17) is 14.2 Å². The second kappa shape index (κ2) is 7.45. The van der Waals surface area contributed by atoms with E-state index in [0.717, 1.165) is 5.56 Å². The summed E-state index contributed by atoms with van der Waals surface area (Å²) in [7, 11) is 3.09. The van der Waals surface area contributed by atoms with Crippen molar-refractivity contribution >= 4 is 5.78 Å². The van der Waals surface area contributed by atoms with Crippen molar-refractivity contribution < 1.29 is 19.0 Å². The molecule has 0 aliphatic rings. The monoisotopic (exact) mass is 286 g/mol. The Hall–Kier alpha value is -2.33. The molecule has 0 aliphatic heterocycles. The molecule has 0 aromatic heterocycles. The zero-order valence-electron chi connectivity index (χ0n) is 12.2. The van der Waals surface area contributed by atoms with E-state index in [9.17, 15) is 4.79 Å². The molecule has 0 unspecified atom stereocenters. The Balaban J connectivity index is 1.97. The van der Waals surface area contributed by atoms with Crippen LogP contribution < -0.4 is 9.47 Å². The number of carbonyl (C=O) groups is 1. The van der Waals surface area contributed by atoms with Crippen LogP contribution in [0.25, 0.3) is 0 Å². The van der Waals surface area contributed by atoms with E-state index in [1.165, 1.54) is 7.11 Å². The Morgan fingerprint density at radius 1 is 1.00 bits per heavy atom. The molecule has 21 heavy (non-hydrogen) atoms. The molecule has 4 heteroatoms. The smallest absolute Gasteiger partial charge is 0.192 e. The topological polar surface area (TPSA) is 44.8 Å². The number of methoxy groups -OCH3 is 2. The van der Waals surface area contributed by atoms with Crippen LogP contribution in [-0.4, -0.2) is 26.6 Å². The third-order valence-corrected chi connectivity index (χ3v) is 3.05. The fourth-order valence-electron chi connectivity index (χ4n) is 1.94. The molecule has 0 N–H and O–H groups in total. The average Bonchev–Trinajstić information content (AvgIpc) is 2.55. The highest BCUT2D eigenvalue weighted by Crippen LogP contribution is 2.25. The largest absolute Gasteiger partial charge is 0.497 e. The van der Waals surface area contributed by atoms with Crippen LogP contribution in [0.1, 0.15) is 15.9 Å². The Morgan fingerprint density at radius 3 is 2.43 bits per heavy atom. The molecule has 2 aromatic rings. The zero-order chi connectivity index (χ0) is 15.1. The summed E-state index contributed by atoms with van der Waals surface area (Å²) in [5.74, 6) is 1.02. The molecule has 2 aromatic carbocycles. The van der Waals surface area contributed by atoms with Crippen molar-refractivity contribution in [2.24, 2.45) is 0 Å². The fourth-order valence-corrected chi connectivity index (χ4v) is 1.94. The second-order valence-electron chi connectivity index (χ2n) is 4.47. The van der Waals surface area contributed by atoms with Gasteiger partial charge in [0.25, 0.3) is 0 Å². The molecule has 0 atom stereocenters. The number of hydrogen-bond donors (Lipinski definition) is 0. The van der Waals surface area contributed by atoms with E-state index < -0.39 is 0 Å². The van der Waals surface area contributed by atoms with Gasteiger partial charge in [0.2, 0.25) is 0 Å². The molecular formula is C17H18O4. The minimum Gasteiger partial charge on any atom is -0.497 e. The van der Waals surface area contributed by atoms with E-state index >= 15 is 0 Å². The number of benzene rings is 2. The van der Waals surface area contributed by atoms with Gasteiger partial charge in [-0.25, -0.2) is 0 Å². The third-order valence-electron chi connectivity index (χ3n) is 3.05. The Morgan fingerprint density at radius 2 is 1.76 bits per heavy atom. The quantitative estimate of drug-likeness (QED) is 0.734. The van der Waals surface area contributed by atoms with Gasteiger partial charge in [-0.05, 0) is 17.7 Å². The number of hydrogen-bond acceptors (Lipinski definition) is 4. The van der Waals surface area contributed by atoms with E-state index in [1.54, 1.807) is 25.3 Å². The molecule has 110 valence electrons. The second-order valence-corrected chi connectivity index (χ2v) is 4.47. The molecule has 4 nitrogen and oxygen atoms in total. The van der Waals surface area contributed by atoms with Crippen molar-refractivity contribution in [3.8, 4) is 11.5 Å². The van der Waals surface area contributed by atoms with Gasteiger partial charge in [0.15, 0.2) is 5.78 Å². The molecule has 0 fully saturated rings. The van der Waals surface area contributed by atoms with Gasteiger partial charge >= 0.3 is 0 Å². The summed E-state index contributed by atoms with van der Waals surface area (Å²) >= 11 is 0. The Bertz CT molecular complexity index is 593. The van der Waals surface area contributed by atoms with Gasteiger partial charge in [-0.1, -0.05) is 30.3 Å². The van der Waals surface area contributed by atoms with Crippen LogP contribution in [0.2, 0.25) is 0 Å². The normalized spacial score (nSPS) is 10.2. The lowest BCUT2D eigenvalue weighted by Gasteiger charge is -2.10.